The van der Waals surface area contributed by atoms with Gasteiger partial charge in [-0.15, -0.1) is 0 Å². The number of benzene rings is 2. The number of halogens is 2. The van der Waals surface area contributed by atoms with E-state index in [0.717, 1.165) is 0 Å². The van der Waals surface area contributed by atoms with E-state index in [1.54, 1.807) is 0 Å². The third kappa shape index (κ3) is 6.07. The van der Waals surface area contributed by atoms with E-state index in [1.807, 2.05) is 16.7 Å². The molecule has 0 saturated carbocycles. The fourth-order valence-corrected chi connectivity index (χ4v) is 3.19. The Kier molecular flexibility index (Phi) is 6.90. The van der Waals surface area contributed by atoms with Crippen LogP contribution in [-0.4, -0.2) is 60.4 Å². The summed E-state index contributed by atoms with van der Waals surface area (Å²) >= 11 is 0. The van der Waals surface area contributed by atoms with Gasteiger partial charge in [-0.3, -0.25) is 19.4 Å². The van der Waals surface area contributed by atoms with Crippen LogP contribution in [0, 0.1) is 11.6 Å². The third-order valence-electron chi connectivity index (χ3n) is 4.94. The van der Waals surface area contributed by atoms with E-state index < -0.39 is 0 Å². The summed E-state index contributed by atoms with van der Waals surface area (Å²) in [6.45, 7) is 4.69. The molecule has 2 aromatic rings. The van der Waals surface area contributed by atoms with Crippen LogP contribution in [0.25, 0.3) is 0 Å². The predicted molar refractivity (Wildman–Crippen MR) is 108 cm³/mol. The summed E-state index contributed by atoms with van der Waals surface area (Å²) in [5, 5.41) is 5.54. The van der Waals surface area contributed by atoms with Gasteiger partial charge in [-0.05, 0) is 55.5 Å². The number of nitrogens with one attached hydrogen (secondary N) is 2. The average Bonchev–Trinajstić information content (AvgIpc) is 2.71. The van der Waals surface area contributed by atoms with E-state index >= 15 is 0 Å². The summed E-state index contributed by atoms with van der Waals surface area (Å²) in [7, 11) is 0. The standard InChI is InChI=1S/C21H24F2N4O2/c1-15(21(29)25-19-8-4-17(23)5-9-19)27-12-10-26(11-13-27)14-20(28)24-18-6-2-16(22)3-7-18/h2-9,15H,10-14H2,1H3,(H,24,28)(H,25,29)/t15-/m0/s1. The van der Waals surface area contributed by atoms with Gasteiger partial charge in [-0.2, -0.15) is 0 Å². The number of amides is 2. The van der Waals surface area contributed by atoms with E-state index in [4.69, 9.17) is 0 Å². The van der Waals surface area contributed by atoms with Gasteiger partial charge in [0.1, 0.15) is 11.6 Å². The van der Waals surface area contributed by atoms with Gasteiger partial charge in [0.2, 0.25) is 11.8 Å². The largest absolute Gasteiger partial charge is 0.325 e. The van der Waals surface area contributed by atoms with Crippen LogP contribution in [-0.2, 0) is 9.59 Å². The number of nitrogens with zero attached hydrogens (tertiary/aromatic N) is 2. The highest BCUT2D eigenvalue weighted by Crippen LogP contribution is 2.13. The summed E-state index contributed by atoms with van der Waals surface area (Å²) in [6, 6.07) is 11.0. The van der Waals surface area contributed by atoms with Crippen LogP contribution in [0.4, 0.5) is 20.2 Å². The van der Waals surface area contributed by atoms with Gasteiger partial charge < -0.3 is 10.6 Å². The summed E-state index contributed by atoms with van der Waals surface area (Å²) in [5.74, 6) is -1.02. The Hall–Kier alpha value is -2.84. The Morgan fingerprint density at radius 2 is 1.34 bits per heavy atom. The molecule has 3 rings (SSSR count). The van der Waals surface area contributed by atoms with Crippen LogP contribution >= 0.6 is 0 Å². The first-order chi connectivity index (χ1) is 13.9. The van der Waals surface area contributed by atoms with Crippen LogP contribution in [0.5, 0.6) is 0 Å². The molecule has 0 spiro atoms. The molecule has 0 aliphatic carbocycles. The monoisotopic (exact) mass is 402 g/mol. The van der Waals surface area contributed by atoms with Gasteiger partial charge in [-0.1, -0.05) is 0 Å². The number of piperazine rings is 1. The molecule has 2 N–H and O–H groups in total. The van der Waals surface area contributed by atoms with Crippen molar-refractivity contribution in [1.29, 1.82) is 0 Å². The van der Waals surface area contributed by atoms with Crippen molar-refractivity contribution in [3.05, 3.63) is 60.2 Å². The molecule has 2 aromatic carbocycles. The average molecular weight is 402 g/mol. The molecule has 0 aromatic heterocycles. The first kappa shape index (κ1) is 20.9. The maximum absolute atomic E-state index is 13.0. The second kappa shape index (κ2) is 9.58. The predicted octanol–water partition coefficient (Wildman–Crippen LogP) is 2.55. The molecule has 0 radical (unpaired) electrons. The molecule has 1 fully saturated rings. The molecule has 1 aliphatic rings. The van der Waals surface area contributed by atoms with Crippen molar-refractivity contribution >= 4 is 23.2 Å². The van der Waals surface area contributed by atoms with Gasteiger partial charge in [0.15, 0.2) is 0 Å². The van der Waals surface area contributed by atoms with E-state index in [9.17, 15) is 18.4 Å². The van der Waals surface area contributed by atoms with Crippen LogP contribution in [0.1, 0.15) is 6.92 Å². The highest BCUT2D eigenvalue weighted by Gasteiger charge is 2.26. The smallest absolute Gasteiger partial charge is 0.241 e. The van der Waals surface area contributed by atoms with Gasteiger partial charge >= 0.3 is 0 Å². The third-order valence-corrected chi connectivity index (χ3v) is 4.94. The fourth-order valence-electron chi connectivity index (χ4n) is 3.19. The second-order valence-electron chi connectivity index (χ2n) is 7.04. The van der Waals surface area contributed by atoms with Crippen LogP contribution < -0.4 is 10.6 Å². The lowest BCUT2D eigenvalue weighted by atomic mass is 10.2. The number of carbonyl (C=O) groups is 2. The Morgan fingerprint density at radius 1 is 0.862 bits per heavy atom. The first-order valence-electron chi connectivity index (χ1n) is 9.49. The molecule has 1 atom stereocenters. The lowest BCUT2D eigenvalue weighted by Gasteiger charge is -2.37. The molecule has 1 saturated heterocycles. The minimum absolute atomic E-state index is 0.154. The van der Waals surface area contributed by atoms with E-state index in [0.29, 0.717) is 37.6 Å². The Bertz CT molecular complexity index is 835. The summed E-state index contributed by atoms with van der Waals surface area (Å²) < 4.78 is 25.9. The maximum atomic E-state index is 13.0. The molecule has 2 amide bonds. The van der Waals surface area contributed by atoms with Crippen LogP contribution in [0.2, 0.25) is 0 Å². The lowest BCUT2D eigenvalue weighted by Crippen LogP contribution is -2.53. The van der Waals surface area contributed by atoms with E-state index in [-0.39, 0.29) is 36.0 Å². The Morgan fingerprint density at radius 3 is 1.86 bits per heavy atom. The summed E-state index contributed by atoms with van der Waals surface area (Å²) in [5.41, 5.74) is 1.11. The van der Waals surface area contributed by atoms with Crippen LogP contribution in [0.3, 0.4) is 0 Å². The topological polar surface area (TPSA) is 64.7 Å². The normalized spacial score (nSPS) is 16.2. The number of carbonyl (C=O) groups excluding carboxylic acids is 2. The zero-order valence-electron chi connectivity index (χ0n) is 16.2. The maximum Gasteiger partial charge on any atom is 0.241 e. The SMILES string of the molecule is C[C@@H](C(=O)Nc1ccc(F)cc1)N1CCN(CC(=O)Nc2ccc(F)cc2)CC1. The van der Waals surface area contributed by atoms with Crippen molar-refractivity contribution in [3.8, 4) is 0 Å². The van der Waals surface area contributed by atoms with Crippen molar-refractivity contribution in [2.45, 2.75) is 13.0 Å². The zero-order valence-corrected chi connectivity index (χ0v) is 16.2. The molecule has 1 heterocycles. The van der Waals surface area contributed by atoms with Crippen molar-refractivity contribution < 1.29 is 18.4 Å². The molecule has 29 heavy (non-hydrogen) atoms. The second-order valence-corrected chi connectivity index (χ2v) is 7.04. The van der Waals surface area contributed by atoms with E-state index in [1.165, 1.54) is 48.5 Å². The van der Waals surface area contributed by atoms with Gasteiger partial charge in [0, 0.05) is 37.6 Å². The highest BCUT2D eigenvalue weighted by atomic mass is 19.1. The van der Waals surface area contributed by atoms with E-state index in [2.05, 4.69) is 10.6 Å². The number of hydrogen-bond acceptors (Lipinski definition) is 4. The molecule has 154 valence electrons. The number of anilines is 2. The van der Waals surface area contributed by atoms with Crippen molar-refractivity contribution in [2.75, 3.05) is 43.4 Å². The Labute approximate surface area is 168 Å². The van der Waals surface area contributed by atoms with Crippen molar-refractivity contribution in [3.63, 3.8) is 0 Å². The Balaban J connectivity index is 1.43. The number of rotatable bonds is 6. The van der Waals surface area contributed by atoms with Gasteiger partial charge in [0.05, 0.1) is 12.6 Å². The molecular formula is C21H24F2N4O2. The molecule has 0 unspecified atom stereocenters. The molecule has 8 heteroatoms. The van der Waals surface area contributed by atoms with Gasteiger partial charge in [-0.25, -0.2) is 8.78 Å². The lowest BCUT2D eigenvalue weighted by molar-refractivity contribution is -0.122. The van der Waals surface area contributed by atoms with Gasteiger partial charge in [0.25, 0.3) is 0 Å². The van der Waals surface area contributed by atoms with Crippen molar-refractivity contribution in [1.82, 2.24) is 9.80 Å². The molecule has 0 bridgehead atoms. The first-order valence-corrected chi connectivity index (χ1v) is 9.49. The fraction of sp³-hybridized carbons (Fsp3) is 0.333. The minimum Gasteiger partial charge on any atom is -0.325 e. The quantitative estimate of drug-likeness (QED) is 0.780. The summed E-state index contributed by atoms with van der Waals surface area (Å²) in [6.07, 6.45) is 0. The molecule has 6 nitrogen and oxygen atoms in total. The minimum atomic E-state index is -0.351. The molecular weight excluding hydrogens is 378 g/mol. The van der Waals surface area contributed by atoms with Crippen molar-refractivity contribution in [2.24, 2.45) is 0 Å². The number of hydrogen-bond donors (Lipinski definition) is 2. The molecule has 1 aliphatic heterocycles. The zero-order chi connectivity index (χ0) is 20.8. The highest BCUT2D eigenvalue weighted by molar-refractivity contribution is 5.94. The summed E-state index contributed by atoms with van der Waals surface area (Å²) in [4.78, 5) is 28.7. The van der Waals surface area contributed by atoms with Crippen LogP contribution in [0.15, 0.2) is 48.5 Å².